The van der Waals surface area contributed by atoms with Crippen LogP contribution in [0.2, 0.25) is 0 Å². The first-order chi connectivity index (χ1) is 9.72. The molecule has 1 aliphatic carbocycles. The quantitative estimate of drug-likeness (QED) is 0.798. The molecular weight excluding hydrogens is 252 g/mol. The maximum Gasteiger partial charge on any atom is 0.410 e. The minimum Gasteiger partial charge on any atom is -0.445 e. The minimum absolute atomic E-state index is 0.159. The van der Waals surface area contributed by atoms with Crippen LogP contribution in [0.1, 0.15) is 31.7 Å². The van der Waals surface area contributed by atoms with E-state index in [0.717, 1.165) is 18.4 Å². The van der Waals surface area contributed by atoms with Gasteiger partial charge in [0.25, 0.3) is 0 Å². The molecule has 0 radical (unpaired) electrons. The molecule has 1 aromatic rings. The van der Waals surface area contributed by atoms with Gasteiger partial charge in [-0.25, -0.2) is 4.79 Å². The standard InChI is InChI=1S/C16H20N2O2/c1-13(15-8-9-15)18(11-5-10-17)16(19)20-12-14-6-3-2-4-7-14/h2-4,6-7,13,15H,5,8-9,11-12H2,1H3. The summed E-state index contributed by atoms with van der Waals surface area (Å²) in [6, 6.07) is 11.9. The van der Waals surface area contributed by atoms with Gasteiger partial charge in [-0.2, -0.15) is 5.26 Å². The summed E-state index contributed by atoms with van der Waals surface area (Å²) in [6.45, 7) is 2.76. The smallest absolute Gasteiger partial charge is 0.410 e. The molecule has 1 atom stereocenters. The third kappa shape index (κ3) is 3.99. The fourth-order valence-electron chi connectivity index (χ4n) is 2.27. The van der Waals surface area contributed by atoms with E-state index in [4.69, 9.17) is 10.00 Å². The number of ether oxygens (including phenoxy) is 1. The number of carbonyl (C=O) groups is 1. The van der Waals surface area contributed by atoms with Crippen LogP contribution in [0.25, 0.3) is 0 Å². The predicted octanol–water partition coefficient (Wildman–Crippen LogP) is 3.34. The molecule has 4 heteroatoms. The van der Waals surface area contributed by atoms with Crippen LogP contribution in [0.3, 0.4) is 0 Å². The first kappa shape index (κ1) is 14.4. The lowest BCUT2D eigenvalue weighted by Gasteiger charge is -2.27. The molecule has 106 valence electrons. The Morgan fingerprint density at radius 3 is 2.75 bits per heavy atom. The maximum absolute atomic E-state index is 12.2. The van der Waals surface area contributed by atoms with Crippen molar-refractivity contribution in [3.8, 4) is 6.07 Å². The molecule has 0 saturated heterocycles. The first-order valence-electron chi connectivity index (χ1n) is 7.06. The molecule has 2 rings (SSSR count). The van der Waals surface area contributed by atoms with Crippen LogP contribution in [-0.4, -0.2) is 23.6 Å². The van der Waals surface area contributed by atoms with Gasteiger partial charge in [-0.05, 0) is 31.2 Å². The van der Waals surface area contributed by atoms with Gasteiger partial charge in [0.05, 0.1) is 12.5 Å². The first-order valence-corrected chi connectivity index (χ1v) is 7.06. The maximum atomic E-state index is 12.2. The molecule has 1 aliphatic rings. The number of nitriles is 1. The van der Waals surface area contributed by atoms with Crippen molar-refractivity contribution in [2.45, 2.75) is 38.8 Å². The van der Waals surface area contributed by atoms with Gasteiger partial charge < -0.3 is 9.64 Å². The summed E-state index contributed by atoms with van der Waals surface area (Å²) >= 11 is 0. The van der Waals surface area contributed by atoms with Crippen molar-refractivity contribution >= 4 is 6.09 Å². The largest absolute Gasteiger partial charge is 0.445 e. The van der Waals surface area contributed by atoms with Crippen molar-refractivity contribution in [3.63, 3.8) is 0 Å². The van der Waals surface area contributed by atoms with Crippen molar-refractivity contribution in [2.24, 2.45) is 5.92 Å². The number of hydrogen-bond acceptors (Lipinski definition) is 3. The Labute approximate surface area is 120 Å². The molecule has 0 aromatic heterocycles. The van der Waals surface area contributed by atoms with E-state index in [2.05, 4.69) is 6.07 Å². The molecular formula is C16H20N2O2. The van der Waals surface area contributed by atoms with Crippen molar-refractivity contribution in [1.82, 2.24) is 4.90 Å². The average molecular weight is 272 g/mol. The molecule has 1 fully saturated rings. The fourth-order valence-corrected chi connectivity index (χ4v) is 2.27. The minimum atomic E-state index is -0.316. The van der Waals surface area contributed by atoms with Gasteiger partial charge >= 0.3 is 6.09 Å². The van der Waals surface area contributed by atoms with Gasteiger partial charge in [0, 0.05) is 12.6 Å². The third-order valence-electron chi connectivity index (χ3n) is 3.70. The molecule has 0 heterocycles. The zero-order chi connectivity index (χ0) is 14.4. The van der Waals surface area contributed by atoms with E-state index >= 15 is 0 Å². The zero-order valence-electron chi connectivity index (χ0n) is 11.8. The van der Waals surface area contributed by atoms with E-state index in [1.807, 2.05) is 37.3 Å². The molecule has 0 aliphatic heterocycles. The number of benzene rings is 1. The van der Waals surface area contributed by atoms with Crippen molar-refractivity contribution in [3.05, 3.63) is 35.9 Å². The zero-order valence-corrected chi connectivity index (χ0v) is 11.8. The summed E-state index contributed by atoms with van der Waals surface area (Å²) in [7, 11) is 0. The van der Waals surface area contributed by atoms with E-state index in [0.29, 0.717) is 18.9 Å². The Bertz CT molecular complexity index is 477. The van der Waals surface area contributed by atoms with Crippen LogP contribution in [0.4, 0.5) is 4.79 Å². The van der Waals surface area contributed by atoms with Gasteiger partial charge in [0.15, 0.2) is 0 Å². The Morgan fingerprint density at radius 2 is 2.15 bits per heavy atom. The van der Waals surface area contributed by atoms with Crippen LogP contribution in [0.5, 0.6) is 0 Å². The summed E-state index contributed by atoms with van der Waals surface area (Å²) in [5.74, 6) is 0.568. The second kappa shape index (κ2) is 6.95. The van der Waals surface area contributed by atoms with Crippen molar-refractivity contribution in [2.75, 3.05) is 6.54 Å². The monoisotopic (exact) mass is 272 g/mol. The lowest BCUT2D eigenvalue weighted by molar-refractivity contribution is 0.0801. The highest BCUT2D eigenvalue weighted by Crippen LogP contribution is 2.35. The third-order valence-corrected chi connectivity index (χ3v) is 3.70. The molecule has 1 aromatic carbocycles. The van der Waals surface area contributed by atoms with Gasteiger partial charge in [-0.1, -0.05) is 30.3 Å². The molecule has 1 amide bonds. The number of amides is 1. The predicted molar refractivity (Wildman–Crippen MR) is 75.7 cm³/mol. The van der Waals surface area contributed by atoms with E-state index in [9.17, 15) is 4.79 Å². The fraction of sp³-hybridized carbons (Fsp3) is 0.500. The van der Waals surface area contributed by atoms with Gasteiger partial charge in [0.2, 0.25) is 0 Å². The summed E-state index contributed by atoms with van der Waals surface area (Å²) in [4.78, 5) is 13.9. The summed E-state index contributed by atoms with van der Waals surface area (Å²) < 4.78 is 5.36. The highest BCUT2D eigenvalue weighted by molar-refractivity contribution is 5.68. The number of carbonyl (C=O) groups excluding carboxylic acids is 1. The number of rotatable bonds is 6. The van der Waals surface area contributed by atoms with Crippen LogP contribution < -0.4 is 0 Å². The van der Waals surface area contributed by atoms with Gasteiger partial charge in [-0.15, -0.1) is 0 Å². The Morgan fingerprint density at radius 1 is 1.45 bits per heavy atom. The summed E-state index contributed by atoms with van der Waals surface area (Å²) in [6.07, 6.45) is 2.35. The summed E-state index contributed by atoms with van der Waals surface area (Å²) in [5.41, 5.74) is 0.972. The lowest BCUT2D eigenvalue weighted by atomic mass is 10.2. The number of hydrogen-bond donors (Lipinski definition) is 0. The van der Waals surface area contributed by atoms with Gasteiger partial charge in [0.1, 0.15) is 6.61 Å². The molecule has 4 nitrogen and oxygen atoms in total. The molecule has 20 heavy (non-hydrogen) atoms. The lowest BCUT2D eigenvalue weighted by Crippen LogP contribution is -2.40. The van der Waals surface area contributed by atoms with E-state index < -0.39 is 0 Å². The second-order valence-corrected chi connectivity index (χ2v) is 5.22. The SMILES string of the molecule is CC(C1CC1)N(CCC#N)C(=O)OCc1ccccc1. The van der Waals surface area contributed by atoms with Crippen LogP contribution in [-0.2, 0) is 11.3 Å². The Balaban J connectivity index is 1.90. The van der Waals surface area contributed by atoms with Crippen LogP contribution in [0.15, 0.2) is 30.3 Å². The highest BCUT2D eigenvalue weighted by atomic mass is 16.6. The van der Waals surface area contributed by atoms with E-state index in [-0.39, 0.29) is 18.7 Å². The summed E-state index contributed by atoms with van der Waals surface area (Å²) in [5, 5.41) is 8.71. The van der Waals surface area contributed by atoms with Crippen molar-refractivity contribution < 1.29 is 9.53 Å². The Kier molecular flexibility index (Phi) is 5.00. The molecule has 0 bridgehead atoms. The van der Waals surface area contributed by atoms with Gasteiger partial charge in [-0.3, -0.25) is 0 Å². The molecule has 1 saturated carbocycles. The highest BCUT2D eigenvalue weighted by Gasteiger charge is 2.34. The van der Waals surface area contributed by atoms with Crippen molar-refractivity contribution in [1.29, 1.82) is 5.26 Å². The molecule has 1 unspecified atom stereocenters. The van der Waals surface area contributed by atoms with E-state index in [1.54, 1.807) is 4.90 Å². The molecule has 0 N–H and O–H groups in total. The van der Waals surface area contributed by atoms with E-state index in [1.165, 1.54) is 0 Å². The van der Waals surface area contributed by atoms with Crippen LogP contribution >= 0.6 is 0 Å². The average Bonchev–Trinajstić information content (AvgIpc) is 3.31. The normalized spacial score (nSPS) is 15.2. The van der Waals surface area contributed by atoms with Crippen LogP contribution in [0, 0.1) is 17.2 Å². The topological polar surface area (TPSA) is 53.3 Å². The second-order valence-electron chi connectivity index (χ2n) is 5.22. The Hall–Kier alpha value is -2.02. The number of nitrogens with zero attached hydrogens (tertiary/aromatic N) is 2. The molecule has 0 spiro atoms.